The van der Waals surface area contributed by atoms with Gasteiger partial charge in [0.25, 0.3) is 5.91 Å². The van der Waals surface area contributed by atoms with Gasteiger partial charge in [-0.3, -0.25) is 4.79 Å². The Morgan fingerprint density at radius 3 is 3.00 bits per heavy atom. The molecule has 1 aromatic heterocycles. The van der Waals surface area contributed by atoms with E-state index in [1.165, 1.54) is 10.4 Å². The summed E-state index contributed by atoms with van der Waals surface area (Å²) in [5, 5.41) is 13.7. The largest absolute Gasteiger partial charge is 0.347 e. The molecule has 1 N–H and O–H groups in total. The van der Waals surface area contributed by atoms with E-state index in [9.17, 15) is 4.79 Å². The number of nitriles is 1. The molecule has 3 nitrogen and oxygen atoms in total. The molecular formula is C15H14N2OS. The molecule has 2 rings (SSSR count). The van der Waals surface area contributed by atoms with Gasteiger partial charge in [-0.15, -0.1) is 11.3 Å². The molecule has 0 unspecified atom stereocenters. The van der Waals surface area contributed by atoms with Crippen molar-refractivity contribution in [2.45, 2.75) is 19.9 Å². The molecule has 0 aliphatic carbocycles. The lowest BCUT2D eigenvalue weighted by atomic mass is 10.1. The van der Waals surface area contributed by atoms with Gasteiger partial charge in [0, 0.05) is 10.4 Å². The van der Waals surface area contributed by atoms with E-state index in [0.29, 0.717) is 17.7 Å². The average molecular weight is 270 g/mol. The Morgan fingerprint density at radius 1 is 1.42 bits per heavy atom. The lowest BCUT2D eigenvalue weighted by molar-refractivity contribution is 0.0951. The van der Waals surface area contributed by atoms with Crippen LogP contribution in [0.2, 0.25) is 0 Å². The first-order chi connectivity index (χ1) is 9.24. The first-order valence-electron chi connectivity index (χ1n) is 6.08. The van der Waals surface area contributed by atoms with Gasteiger partial charge in [0.2, 0.25) is 0 Å². The highest BCUT2D eigenvalue weighted by Gasteiger charge is 2.08. The van der Waals surface area contributed by atoms with E-state index in [2.05, 4.69) is 18.3 Å². The Balaban J connectivity index is 2.03. The van der Waals surface area contributed by atoms with E-state index in [1.807, 2.05) is 11.4 Å². The number of rotatable bonds is 4. The number of hydrogen-bond donors (Lipinski definition) is 1. The minimum absolute atomic E-state index is 0.146. The Hall–Kier alpha value is -2.12. The maximum absolute atomic E-state index is 12.0. The van der Waals surface area contributed by atoms with Gasteiger partial charge in [0.1, 0.15) is 0 Å². The molecule has 0 radical (unpaired) electrons. The molecule has 1 heterocycles. The maximum Gasteiger partial charge on any atom is 0.251 e. The van der Waals surface area contributed by atoms with Crippen molar-refractivity contribution in [1.82, 2.24) is 5.32 Å². The minimum atomic E-state index is -0.146. The van der Waals surface area contributed by atoms with Crippen molar-refractivity contribution >= 4 is 17.2 Å². The molecule has 0 spiro atoms. The van der Waals surface area contributed by atoms with E-state index in [0.717, 1.165) is 6.42 Å². The van der Waals surface area contributed by atoms with Crippen LogP contribution in [-0.4, -0.2) is 5.91 Å². The molecule has 0 fully saturated rings. The fraction of sp³-hybridized carbons (Fsp3) is 0.200. The van der Waals surface area contributed by atoms with Crippen LogP contribution in [0, 0.1) is 11.3 Å². The summed E-state index contributed by atoms with van der Waals surface area (Å²) < 4.78 is 0. The molecule has 1 aromatic carbocycles. The number of hydrogen-bond acceptors (Lipinski definition) is 3. The van der Waals surface area contributed by atoms with Crippen LogP contribution < -0.4 is 5.32 Å². The summed E-state index contributed by atoms with van der Waals surface area (Å²) in [6.07, 6.45) is 0.971. The van der Waals surface area contributed by atoms with E-state index in [-0.39, 0.29) is 5.91 Å². The van der Waals surface area contributed by atoms with E-state index < -0.39 is 0 Å². The molecule has 0 aliphatic rings. The lowest BCUT2D eigenvalue weighted by Crippen LogP contribution is -2.22. The summed E-state index contributed by atoms with van der Waals surface area (Å²) in [6, 6.07) is 10.8. The summed E-state index contributed by atoms with van der Waals surface area (Å²) in [5.74, 6) is -0.146. The van der Waals surface area contributed by atoms with Crippen LogP contribution in [0.4, 0.5) is 0 Å². The fourth-order valence-corrected chi connectivity index (χ4v) is 2.75. The van der Waals surface area contributed by atoms with Crippen molar-refractivity contribution in [2.24, 2.45) is 0 Å². The third-order valence-electron chi connectivity index (χ3n) is 2.88. The standard InChI is InChI=1S/C15H14N2OS/c1-2-12-6-7-19-14(12)10-17-15(18)13-5-3-4-11(8-13)9-16/h3-8H,2,10H2,1H3,(H,17,18). The molecule has 19 heavy (non-hydrogen) atoms. The van der Waals surface area contributed by atoms with Gasteiger partial charge in [-0.2, -0.15) is 5.26 Å². The minimum Gasteiger partial charge on any atom is -0.347 e. The molecule has 0 atom stereocenters. The molecule has 0 saturated carbocycles. The second kappa shape index (κ2) is 6.17. The average Bonchev–Trinajstić information content (AvgIpc) is 2.92. The van der Waals surface area contributed by atoms with Crippen LogP contribution in [0.3, 0.4) is 0 Å². The SMILES string of the molecule is CCc1ccsc1CNC(=O)c1cccc(C#N)c1. The number of carbonyl (C=O) groups is 1. The van der Waals surface area contributed by atoms with E-state index >= 15 is 0 Å². The third kappa shape index (κ3) is 3.21. The van der Waals surface area contributed by atoms with Crippen LogP contribution in [0.5, 0.6) is 0 Å². The quantitative estimate of drug-likeness (QED) is 0.928. The number of nitrogens with one attached hydrogen (secondary N) is 1. The van der Waals surface area contributed by atoms with Crippen LogP contribution in [0.25, 0.3) is 0 Å². The highest BCUT2D eigenvalue weighted by Crippen LogP contribution is 2.17. The van der Waals surface area contributed by atoms with Gasteiger partial charge in [-0.1, -0.05) is 13.0 Å². The summed E-state index contributed by atoms with van der Waals surface area (Å²) >= 11 is 1.65. The van der Waals surface area contributed by atoms with Crippen LogP contribution in [0.15, 0.2) is 35.7 Å². The van der Waals surface area contributed by atoms with Gasteiger partial charge in [-0.05, 0) is 41.6 Å². The third-order valence-corrected chi connectivity index (χ3v) is 3.85. The summed E-state index contributed by atoms with van der Waals surface area (Å²) in [6.45, 7) is 2.64. The highest BCUT2D eigenvalue weighted by atomic mass is 32.1. The lowest BCUT2D eigenvalue weighted by Gasteiger charge is -2.05. The number of benzene rings is 1. The van der Waals surface area contributed by atoms with E-state index in [4.69, 9.17) is 5.26 Å². The maximum atomic E-state index is 12.0. The number of amides is 1. The Kier molecular flexibility index (Phi) is 4.32. The summed E-state index contributed by atoms with van der Waals surface area (Å²) in [5.41, 5.74) is 2.29. The first kappa shape index (κ1) is 13.3. The zero-order chi connectivity index (χ0) is 13.7. The summed E-state index contributed by atoms with van der Waals surface area (Å²) in [7, 11) is 0. The number of thiophene rings is 1. The van der Waals surface area contributed by atoms with Gasteiger partial charge in [-0.25, -0.2) is 0 Å². The monoisotopic (exact) mass is 270 g/mol. The molecular weight excluding hydrogens is 256 g/mol. The molecule has 0 aliphatic heterocycles. The van der Waals surface area contributed by atoms with Gasteiger partial charge >= 0.3 is 0 Å². The van der Waals surface area contributed by atoms with Crippen molar-refractivity contribution in [1.29, 1.82) is 5.26 Å². The summed E-state index contributed by atoms with van der Waals surface area (Å²) in [4.78, 5) is 13.2. The van der Waals surface area contributed by atoms with Crippen LogP contribution >= 0.6 is 11.3 Å². The number of carbonyl (C=O) groups excluding carboxylic acids is 1. The van der Waals surface area contributed by atoms with Crippen molar-refractivity contribution in [3.8, 4) is 6.07 Å². The Labute approximate surface area is 116 Å². The van der Waals surface area contributed by atoms with Crippen LogP contribution in [-0.2, 0) is 13.0 Å². The zero-order valence-corrected chi connectivity index (χ0v) is 11.5. The molecule has 96 valence electrons. The van der Waals surface area contributed by atoms with Crippen molar-refractivity contribution in [3.05, 3.63) is 57.3 Å². The fourth-order valence-electron chi connectivity index (χ4n) is 1.83. The number of nitrogens with zero attached hydrogens (tertiary/aromatic N) is 1. The van der Waals surface area contributed by atoms with Gasteiger partial charge in [0.05, 0.1) is 18.2 Å². The predicted molar refractivity (Wildman–Crippen MR) is 76.0 cm³/mol. The van der Waals surface area contributed by atoms with Gasteiger partial charge in [0.15, 0.2) is 0 Å². The Morgan fingerprint density at radius 2 is 2.26 bits per heavy atom. The molecule has 2 aromatic rings. The van der Waals surface area contributed by atoms with Gasteiger partial charge < -0.3 is 5.32 Å². The molecule has 0 saturated heterocycles. The predicted octanol–water partition coefficient (Wildman–Crippen LogP) is 3.11. The van der Waals surface area contributed by atoms with E-state index in [1.54, 1.807) is 35.6 Å². The highest BCUT2D eigenvalue weighted by molar-refractivity contribution is 7.10. The topological polar surface area (TPSA) is 52.9 Å². The first-order valence-corrected chi connectivity index (χ1v) is 6.96. The zero-order valence-electron chi connectivity index (χ0n) is 10.6. The second-order valence-electron chi connectivity index (χ2n) is 4.10. The molecule has 1 amide bonds. The second-order valence-corrected chi connectivity index (χ2v) is 5.10. The molecule has 4 heteroatoms. The van der Waals surface area contributed by atoms with Crippen molar-refractivity contribution in [2.75, 3.05) is 0 Å². The normalized spacial score (nSPS) is 9.89. The van der Waals surface area contributed by atoms with Crippen molar-refractivity contribution < 1.29 is 4.79 Å². The Bertz CT molecular complexity index is 625. The molecule has 0 bridgehead atoms. The van der Waals surface area contributed by atoms with Crippen LogP contribution in [0.1, 0.15) is 33.3 Å². The number of aryl methyl sites for hydroxylation is 1. The smallest absolute Gasteiger partial charge is 0.251 e. The van der Waals surface area contributed by atoms with Crippen molar-refractivity contribution in [3.63, 3.8) is 0 Å².